The molecule has 0 saturated carbocycles. The number of hydrogen-bond acceptors (Lipinski definition) is 4. The van der Waals surface area contributed by atoms with E-state index in [1.54, 1.807) is 24.5 Å². The molecule has 0 N–H and O–H groups in total. The van der Waals surface area contributed by atoms with Crippen molar-refractivity contribution < 1.29 is 9.53 Å². The zero-order chi connectivity index (χ0) is 15.5. The summed E-state index contributed by atoms with van der Waals surface area (Å²) in [6.45, 7) is 2.27. The minimum Gasteiger partial charge on any atom is -0.462 e. The van der Waals surface area contributed by atoms with Gasteiger partial charge in [0.15, 0.2) is 0 Å². The molecule has 0 atom stereocenters. The lowest BCUT2D eigenvalue weighted by atomic mass is 10.2. The number of fused-ring (bicyclic) bond motifs is 1. The van der Waals surface area contributed by atoms with Gasteiger partial charge in [0.1, 0.15) is 5.82 Å². The van der Waals surface area contributed by atoms with E-state index < -0.39 is 0 Å². The van der Waals surface area contributed by atoms with Gasteiger partial charge in [0.2, 0.25) is 0 Å². The van der Waals surface area contributed by atoms with Crippen LogP contribution in [0.1, 0.15) is 21.7 Å². The van der Waals surface area contributed by atoms with Crippen LogP contribution in [-0.4, -0.2) is 27.1 Å². The van der Waals surface area contributed by atoms with Crippen molar-refractivity contribution >= 4 is 17.0 Å². The van der Waals surface area contributed by atoms with E-state index in [1.807, 2.05) is 36.7 Å². The van der Waals surface area contributed by atoms with Crippen molar-refractivity contribution in [2.75, 3.05) is 6.61 Å². The fraction of sp³-hybridized carbons (Fsp3) is 0.235. The maximum absolute atomic E-state index is 12.1. The van der Waals surface area contributed by atoms with Crippen LogP contribution in [-0.2, 0) is 18.2 Å². The first-order valence-electron chi connectivity index (χ1n) is 7.14. The largest absolute Gasteiger partial charge is 0.462 e. The normalized spacial score (nSPS) is 10.8. The van der Waals surface area contributed by atoms with E-state index in [0.717, 1.165) is 22.4 Å². The van der Waals surface area contributed by atoms with E-state index >= 15 is 0 Å². The van der Waals surface area contributed by atoms with Crippen LogP contribution in [0.15, 0.2) is 42.7 Å². The van der Waals surface area contributed by atoms with Crippen molar-refractivity contribution in [2.24, 2.45) is 7.05 Å². The van der Waals surface area contributed by atoms with Gasteiger partial charge >= 0.3 is 5.97 Å². The molecule has 0 radical (unpaired) electrons. The number of aryl methyl sites for hydroxylation is 2. The molecule has 0 fully saturated rings. The third-order valence-corrected chi connectivity index (χ3v) is 3.69. The van der Waals surface area contributed by atoms with Gasteiger partial charge in [0.25, 0.3) is 0 Å². The van der Waals surface area contributed by atoms with Crippen molar-refractivity contribution in [3.05, 3.63) is 59.7 Å². The second-order valence-corrected chi connectivity index (χ2v) is 5.17. The lowest BCUT2D eigenvalue weighted by molar-refractivity contribution is 0.0509. The molecule has 22 heavy (non-hydrogen) atoms. The highest BCUT2D eigenvalue weighted by atomic mass is 16.5. The molecule has 1 aromatic carbocycles. The molecule has 0 unspecified atom stereocenters. The third-order valence-electron chi connectivity index (χ3n) is 3.69. The van der Waals surface area contributed by atoms with Crippen LogP contribution in [0.3, 0.4) is 0 Å². The highest BCUT2D eigenvalue weighted by molar-refractivity contribution is 5.93. The molecule has 0 saturated heterocycles. The Morgan fingerprint density at radius 2 is 2.18 bits per heavy atom. The van der Waals surface area contributed by atoms with Gasteiger partial charge in [-0.3, -0.25) is 4.98 Å². The fourth-order valence-corrected chi connectivity index (χ4v) is 2.34. The molecule has 5 heteroatoms. The van der Waals surface area contributed by atoms with Crippen molar-refractivity contribution in [2.45, 2.75) is 13.3 Å². The molecule has 112 valence electrons. The van der Waals surface area contributed by atoms with Gasteiger partial charge < -0.3 is 9.30 Å². The molecule has 2 aromatic heterocycles. The molecule has 0 spiro atoms. The molecule has 0 aliphatic rings. The van der Waals surface area contributed by atoms with Crippen LogP contribution >= 0.6 is 0 Å². The van der Waals surface area contributed by atoms with Gasteiger partial charge in [0.05, 0.1) is 23.2 Å². The van der Waals surface area contributed by atoms with Crippen LogP contribution in [0.5, 0.6) is 0 Å². The van der Waals surface area contributed by atoms with Crippen molar-refractivity contribution in [3.8, 4) is 0 Å². The zero-order valence-corrected chi connectivity index (χ0v) is 12.6. The van der Waals surface area contributed by atoms with Crippen LogP contribution in [0, 0.1) is 6.92 Å². The minimum absolute atomic E-state index is 0.325. The number of pyridine rings is 1. The summed E-state index contributed by atoms with van der Waals surface area (Å²) in [6, 6.07) is 9.27. The van der Waals surface area contributed by atoms with Gasteiger partial charge in [-0.15, -0.1) is 0 Å². The summed E-state index contributed by atoms with van der Waals surface area (Å²) in [5.74, 6) is 0.589. The van der Waals surface area contributed by atoms with E-state index in [1.165, 1.54) is 0 Å². The van der Waals surface area contributed by atoms with Gasteiger partial charge in [0, 0.05) is 25.9 Å². The SMILES string of the molecule is Cc1nc2cc(C(=O)OCCc3cccnc3)ccc2n1C. The number of carbonyl (C=O) groups excluding carboxylic acids is 1. The zero-order valence-electron chi connectivity index (χ0n) is 12.6. The molecular formula is C17H17N3O2. The van der Waals surface area contributed by atoms with E-state index in [-0.39, 0.29) is 5.97 Å². The molecule has 0 bridgehead atoms. The summed E-state index contributed by atoms with van der Waals surface area (Å²) >= 11 is 0. The summed E-state index contributed by atoms with van der Waals surface area (Å²) in [7, 11) is 1.95. The van der Waals surface area contributed by atoms with E-state index in [9.17, 15) is 4.79 Å². The predicted octanol–water partition coefficient (Wildman–Crippen LogP) is 2.68. The summed E-state index contributed by atoms with van der Waals surface area (Å²) in [5.41, 5.74) is 3.38. The van der Waals surface area contributed by atoms with E-state index in [2.05, 4.69) is 9.97 Å². The lowest BCUT2D eigenvalue weighted by Crippen LogP contribution is -2.08. The fourth-order valence-electron chi connectivity index (χ4n) is 2.34. The van der Waals surface area contributed by atoms with E-state index in [4.69, 9.17) is 4.74 Å². The van der Waals surface area contributed by atoms with Gasteiger partial charge in [-0.25, -0.2) is 9.78 Å². The number of esters is 1. The molecule has 3 rings (SSSR count). The van der Waals surface area contributed by atoms with Gasteiger partial charge in [-0.2, -0.15) is 0 Å². The number of carbonyl (C=O) groups is 1. The minimum atomic E-state index is -0.325. The average molecular weight is 295 g/mol. The second kappa shape index (κ2) is 5.97. The Balaban J connectivity index is 1.67. The summed E-state index contributed by atoms with van der Waals surface area (Å²) < 4.78 is 7.31. The number of aromatic nitrogens is 3. The Morgan fingerprint density at radius 3 is 2.95 bits per heavy atom. The molecule has 3 aromatic rings. The highest BCUT2D eigenvalue weighted by Crippen LogP contribution is 2.17. The molecule has 0 amide bonds. The maximum atomic E-state index is 12.1. The first-order chi connectivity index (χ1) is 10.6. The Hall–Kier alpha value is -2.69. The maximum Gasteiger partial charge on any atom is 0.338 e. The number of benzene rings is 1. The second-order valence-electron chi connectivity index (χ2n) is 5.17. The molecule has 2 heterocycles. The van der Waals surface area contributed by atoms with Crippen molar-refractivity contribution in [1.29, 1.82) is 0 Å². The molecule has 5 nitrogen and oxygen atoms in total. The molecule has 0 aliphatic heterocycles. The quantitative estimate of drug-likeness (QED) is 0.694. The van der Waals surface area contributed by atoms with Gasteiger partial charge in [-0.05, 0) is 36.8 Å². The van der Waals surface area contributed by atoms with Gasteiger partial charge in [-0.1, -0.05) is 6.07 Å². The molecular weight excluding hydrogens is 278 g/mol. The number of nitrogens with zero attached hydrogens (tertiary/aromatic N) is 3. The number of imidazole rings is 1. The van der Waals surface area contributed by atoms with Crippen molar-refractivity contribution in [3.63, 3.8) is 0 Å². The van der Waals surface area contributed by atoms with Crippen LogP contribution in [0.25, 0.3) is 11.0 Å². The van der Waals surface area contributed by atoms with Crippen LogP contribution < -0.4 is 0 Å². The Morgan fingerprint density at radius 1 is 1.32 bits per heavy atom. The first-order valence-corrected chi connectivity index (χ1v) is 7.14. The van der Waals surface area contributed by atoms with Crippen LogP contribution in [0.2, 0.25) is 0 Å². The monoisotopic (exact) mass is 295 g/mol. The standard InChI is InChI=1S/C17H17N3O2/c1-12-19-15-10-14(5-6-16(15)20(12)2)17(21)22-9-7-13-4-3-8-18-11-13/h3-6,8,10-11H,7,9H2,1-2H3. The highest BCUT2D eigenvalue weighted by Gasteiger charge is 2.11. The smallest absolute Gasteiger partial charge is 0.338 e. The average Bonchev–Trinajstić information content (AvgIpc) is 2.82. The Kier molecular flexibility index (Phi) is 3.87. The Labute approximate surface area is 128 Å². The summed E-state index contributed by atoms with van der Waals surface area (Å²) in [5, 5.41) is 0. The number of ether oxygens (including phenoxy) is 1. The lowest BCUT2D eigenvalue weighted by Gasteiger charge is -2.05. The topological polar surface area (TPSA) is 57.0 Å². The number of hydrogen-bond donors (Lipinski definition) is 0. The van der Waals surface area contributed by atoms with E-state index in [0.29, 0.717) is 18.6 Å². The Bertz CT molecular complexity index is 809. The summed E-state index contributed by atoms with van der Waals surface area (Å²) in [4.78, 5) is 20.6. The summed E-state index contributed by atoms with van der Waals surface area (Å²) in [6.07, 6.45) is 4.15. The van der Waals surface area contributed by atoms with Crippen LogP contribution in [0.4, 0.5) is 0 Å². The molecule has 0 aliphatic carbocycles. The number of rotatable bonds is 4. The first kappa shape index (κ1) is 14.3. The predicted molar refractivity (Wildman–Crippen MR) is 83.7 cm³/mol. The van der Waals surface area contributed by atoms with Crippen molar-refractivity contribution in [1.82, 2.24) is 14.5 Å². The third kappa shape index (κ3) is 2.83.